The number of guanidine groups is 1. The molecule has 162 valence electrons. The molecule has 2 rings (SSSR count). The Morgan fingerprint density at radius 1 is 1.14 bits per heavy atom. The van der Waals surface area contributed by atoms with Gasteiger partial charge in [0.1, 0.15) is 0 Å². The molecular formula is C20H32IN5O3. The highest BCUT2D eigenvalue weighted by Gasteiger charge is 2.09. The van der Waals surface area contributed by atoms with Crippen LogP contribution in [0.1, 0.15) is 44.0 Å². The molecule has 0 aliphatic carbocycles. The summed E-state index contributed by atoms with van der Waals surface area (Å²) in [5, 5.41) is 10.6. The third-order valence-corrected chi connectivity index (χ3v) is 4.09. The zero-order valence-corrected chi connectivity index (χ0v) is 20.1. The lowest BCUT2D eigenvalue weighted by molar-refractivity contribution is 0.354. The van der Waals surface area contributed by atoms with Gasteiger partial charge in [-0.05, 0) is 31.0 Å². The maximum Gasteiger partial charge on any atom is 0.228 e. The van der Waals surface area contributed by atoms with Gasteiger partial charge in [0.2, 0.25) is 5.89 Å². The molecule has 0 unspecified atom stereocenters. The van der Waals surface area contributed by atoms with Crippen molar-refractivity contribution in [3.63, 3.8) is 0 Å². The summed E-state index contributed by atoms with van der Waals surface area (Å²) in [5.41, 5.74) is 1.16. The van der Waals surface area contributed by atoms with Crippen LogP contribution in [0.15, 0.2) is 27.7 Å². The summed E-state index contributed by atoms with van der Waals surface area (Å²) in [7, 11) is 3.28. The topological polar surface area (TPSA) is 93.8 Å². The normalized spacial score (nSPS) is 11.2. The molecule has 0 spiro atoms. The summed E-state index contributed by atoms with van der Waals surface area (Å²) in [4.78, 5) is 8.95. The first-order chi connectivity index (χ1) is 13.6. The molecule has 1 aromatic carbocycles. The third kappa shape index (κ3) is 8.08. The molecule has 2 N–H and O–H groups in total. The molecule has 0 radical (unpaired) electrons. The van der Waals surface area contributed by atoms with Gasteiger partial charge in [-0.15, -0.1) is 24.0 Å². The van der Waals surface area contributed by atoms with Gasteiger partial charge in [-0.1, -0.05) is 25.1 Å². The van der Waals surface area contributed by atoms with Gasteiger partial charge in [0.25, 0.3) is 0 Å². The molecule has 29 heavy (non-hydrogen) atoms. The monoisotopic (exact) mass is 517 g/mol. The Morgan fingerprint density at radius 3 is 2.52 bits per heavy atom. The van der Waals surface area contributed by atoms with E-state index in [0.717, 1.165) is 48.4 Å². The van der Waals surface area contributed by atoms with Gasteiger partial charge in [-0.25, -0.2) is 0 Å². The number of ether oxygens (including phenoxy) is 2. The second-order valence-electron chi connectivity index (χ2n) is 6.58. The molecule has 9 heteroatoms. The Bertz CT molecular complexity index is 764. The zero-order valence-electron chi connectivity index (χ0n) is 17.8. The molecule has 0 aliphatic rings. The molecule has 8 nitrogen and oxygen atoms in total. The number of nitrogens with one attached hydrogen (secondary N) is 2. The minimum atomic E-state index is 0. The Hall–Kier alpha value is -2.04. The zero-order chi connectivity index (χ0) is 20.4. The molecular weight excluding hydrogens is 485 g/mol. The molecule has 0 aliphatic heterocycles. The lowest BCUT2D eigenvalue weighted by atomic mass is 10.1. The van der Waals surface area contributed by atoms with Crippen molar-refractivity contribution < 1.29 is 14.0 Å². The summed E-state index contributed by atoms with van der Waals surface area (Å²) in [6.07, 6.45) is 1.46. The maximum atomic E-state index is 5.35. The van der Waals surface area contributed by atoms with Crippen molar-refractivity contribution in [3.8, 4) is 11.5 Å². The second-order valence-corrected chi connectivity index (χ2v) is 6.58. The molecule has 0 saturated heterocycles. The van der Waals surface area contributed by atoms with Crippen molar-refractivity contribution in [1.29, 1.82) is 0 Å². The number of aliphatic imine (C=N–C) groups is 1. The molecule has 1 aromatic heterocycles. The predicted octanol–water partition coefficient (Wildman–Crippen LogP) is 3.17. The number of aromatic nitrogens is 2. The van der Waals surface area contributed by atoms with E-state index in [0.29, 0.717) is 18.9 Å². The van der Waals surface area contributed by atoms with Crippen molar-refractivity contribution in [2.24, 2.45) is 4.99 Å². The van der Waals surface area contributed by atoms with Gasteiger partial charge >= 0.3 is 0 Å². The first-order valence-corrected chi connectivity index (χ1v) is 9.62. The fraction of sp³-hybridized carbons (Fsp3) is 0.550. The number of nitrogens with zero attached hydrogens (tertiary/aromatic N) is 3. The number of benzene rings is 1. The van der Waals surface area contributed by atoms with Crippen molar-refractivity contribution in [2.75, 3.05) is 33.9 Å². The lowest BCUT2D eigenvalue weighted by Crippen LogP contribution is -2.38. The van der Waals surface area contributed by atoms with Crippen LogP contribution < -0.4 is 20.1 Å². The van der Waals surface area contributed by atoms with Crippen LogP contribution in [0.5, 0.6) is 11.5 Å². The second kappa shape index (κ2) is 13.2. The summed E-state index contributed by atoms with van der Waals surface area (Å²) in [6, 6.07) is 5.95. The van der Waals surface area contributed by atoms with E-state index < -0.39 is 0 Å². The minimum Gasteiger partial charge on any atom is -0.493 e. The summed E-state index contributed by atoms with van der Waals surface area (Å²) >= 11 is 0. The molecule has 0 saturated carbocycles. The van der Waals surface area contributed by atoms with Crippen LogP contribution in [0, 0.1) is 0 Å². The van der Waals surface area contributed by atoms with Crippen LogP contribution in [-0.4, -0.2) is 50.0 Å². The molecule has 0 bridgehead atoms. The van der Waals surface area contributed by atoms with Crippen LogP contribution in [0.4, 0.5) is 0 Å². The highest BCUT2D eigenvalue weighted by atomic mass is 127. The minimum absolute atomic E-state index is 0. The van der Waals surface area contributed by atoms with Gasteiger partial charge in [0.05, 0.1) is 20.8 Å². The Morgan fingerprint density at radius 2 is 1.90 bits per heavy atom. The van der Waals surface area contributed by atoms with E-state index in [1.54, 1.807) is 14.2 Å². The van der Waals surface area contributed by atoms with E-state index in [1.165, 1.54) is 0 Å². The van der Waals surface area contributed by atoms with Crippen molar-refractivity contribution in [1.82, 2.24) is 20.8 Å². The van der Waals surface area contributed by atoms with Crippen LogP contribution in [0.3, 0.4) is 0 Å². The van der Waals surface area contributed by atoms with E-state index in [1.807, 2.05) is 39.0 Å². The average Bonchev–Trinajstić information content (AvgIpc) is 3.17. The van der Waals surface area contributed by atoms with Crippen LogP contribution in [0.25, 0.3) is 0 Å². The molecule has 2 aromatic rings. The standard InChI is InChI=1S/C20H31N5O3.HI/c1-6-21-20(23-12-10-18-24-19(14(2)3)25-28-18)22-11-9-15-7-8-16(26-4)17(13-15)27-5;/h7-8,13-14H,6,9-12H2,1-5H3,(H2,21,22,23);1H. The highest BCUT2D eigenvalue weighted by molar-refractivity contribution is 14.0. The Labute approximate surface area is 189 Å². The van der Waals surface area contributed by atoms with E-state index in [4.69, 9.17) is 14.0 Å². The van der Waals surface area contributed by atoms with Gasteiger partial charge in [0, 0.05) is 25.4 Å². The van der Waals surface area contributed by atoms with E-state index in [9.17, 15) is 0 Å². The Kier molecular flexibility index (Phi) is 11.4. The maximum absolute atomic E-state index is 5.35. The number of hydrogen-bond donors (Lipinski definition) is 2. The fourth-order valence-electron chi connectivity index (χ4n) is 2.57. The van der Waals surface area contributed by atoms with Crippen LogP contribution in [0.2, 0.25) is 0 Å². The van der Waals surface area contributed by atoms with Gasteiger partial charge in [0.15, 0.2) is 23.3 Å². The molecule has 0 fully saturated rings. The molecule has 1 heterocycles. The number of rotatable bonds is 10. The Balaban J connectivity index is 0.00000420. The fourth-order valence-corrected chi connectivity index (χ4v) is 2.57. The van der Waals surface area contributed by atoms with Gasteiger partial charge < -0.3 is 24.6 Å². The SMILES string of the molecule is CCNC(=NCCc1nc(C(C)C)no1)NCCc1ccc(OC)c(OC)c1.I. The average molecular weight is 517 g/mol. The van der Waals surface area contributed by atoms with Crippen molar-refractivity contribution >= 4 is 29.9 Å². The van der Waals surface area contributed by atoms with Gasteiger partial charge in [-0.3, -0.25) is 4.99 Å². The summed E-state index contributed by atoms with van der Waals surface area (Å²) in [6.45, 7) is 8.24. The summed E-state index contributed by atoms with van der Waals surface area (Å²) in [5.74, 6) is 3.85. The van der Waals surface area contributed by atoms with Gasteiger partial charge in [-0.2, -0.15) is 4.98 Å². The highest BCUT2D eigenvalue weighted by Crippen LogP contribution is 2.27. The van der Waals surface area contributed by atoms with Crippen molar-refractivity contribution in [2.45, 2.75) is 39.5 Å². The molecule has 0 amide bonds. The number of methoxy groups -OCH3 is 2. The smallest absolute Gasteiger partial charge is 0.228 e. The third-order valence-electron chi connectivity index (χ3n) is 4.09. The van der Waals surface area contributed by atoms with Crippen LogP contribution >= 0.6 is 24.0 Å². The first-order valence-electron chi connectivity index (χ1n) is 9.62. The van der Waals surface area contributed by atoms with E-state index in [2.05, 4.69) is 25.8 Å². The first kappa shape index (κ1) is 25.0. The van der Waals surface area contributed by atoms with E-state index >= 15 is 0 Å². The predicted molar refractivity (Wildman–Crippen MR) is 125 cm³/mol. The number of hydrogen-bond acceptors (Lipinski definition) is 6. The number of halogens is 1. The van der Waals surface area contributed by atoms with Crippen molar-refractivity contribution in [3.05, 3.63) is 35.5 Å². The van der Waals surface area contributed by atoms with E-state index in [-0.39, 0.29) is 29.9 Å². The summed E-state index contributed by atoms with van der Waals surface area (Å²) < 4.78 is 15.9. The molecule has 0 atom stereocenters. The largest absolute Gasteiger partial charge is 0.493 e. The van der Waals surface area contributed by atoms with Crippen LogP contribution in [-0.2, 0) is 12.8 Å². The lowest BCUT2D eigenvalue weighted by Gasteiger charge is -2.12. The quantitative estimate of drug-likeness (QED) is 0.284.